The first kappa shape index (κ1) is 13.8. The first-order valence-corrected chi connectivity index (χ1v) is 7.42. The summed E-state index contributed by atoms with van der Waals surface area (Å²) in [6.07, 6.45) is 1.99. The summed E-state index contributed by atoms with van der Waals surface area (Å²) >= 11 is 0. The van der Waals surface area contributed by atoms with Crippen molar-refractivity contribution in [1.82, 2.24) is 4.98 Å². The predicted octanol–water partition coefficient (Wildman–Crippen LogP) is 5.51. The predicted molar refractivity (Wildman–Crippen MR) is 90.6 cm³/mol. The minimum absolute atomic E-state index is 0.187. The second-order valence-electron chi connectivity index (χ2n) is 6.63. The Morgan fingerprint density at radius 2 is 1.43 bits per heavy atom. The van der Waals surface area contributed by atoms with Gasteiger partial charge in [0.1, 0.15) is 0 Å². The van der Waals surface area contributed by atoms with Crippen LogP contribution in [0.5, 0.6) is 0 Å². The van der Waals surface area contributed by atoms with Gasteiger partial charge in [0, 0.05) is 22.8 Å². The second-order valence-corrected chi connectivity index (χ2v) is 6.63. The highest BCUT2D eigenvalue weighted by atomic mass is 14.7. The Labute approximate surface area is 126 Å². The molecule has 0 saturated heterocycles. The van der Waals surface area contributed by atoms with Crippen LogP contribution in [0.25, 0.3) is 21.9 Å². The topological polar surface area (TPSA) is 12.9 Å². The zero-order valence-corrected chi connectivity index (χ0v) is 13.1. The van der Waals surface area contributed by atoms with Crippen molar-refractivity contribution in [2.24, 2.45) is 0 Å². The number of fused-ring (bicyclic) bond motifs is 1. The standard InChI is InChI=1S/C20H21N/c1-14-17-7-5-6-8-18(17)19(13-21-14)15-9-11-16(12-10-15)20(2,3)4/h5-13H,1-4H3. The van der Waals surface area contributed by atoms with Crippen molar-refractivity contribution in [2.45, 2.75) is 33.1 Å². The lowest BCUT2D eigenvalue weighted by molar-refractivity contribution is 0.590. The van der Waals surface area contributed by atoms with Crippen LogP contribution in [-0.2, 0) is 5.41 Å². The van der Waals surface area contributed by atoms with Crippen molar-refractivity contribution < 1.29 is 0 Å². The highest BCUT2D eigenvalue weighted by Gasteiger charge is 2.13. The molecule has 0 unspecified atom stereocenters. The van der Waals surface area contributed by atoms with Gasteiger partial charge in [0.15, 0.2) is 0 Å². The quantitative estimate of drug-likeness (QED) is 0.571. The van der Waals surface area contributed by atoms with Crippen LogP contribution in [0.3, 0.4) is 0 Å². The molecule has 0 N–H and O–H groups in total. The summed E-state index contributed by atoms with van der Waals surface area (Å²) in [6, 6.07) is 17.4. The Hall–Kier alpha value is -2.15. The van der Waals surface area contributed by atoms with Gasteiger partial charge in [-0.25, -0.2) is 0 Å². The molecule has 1 aromatic heterocycles. The molecule has 0 spiro atoms. The van der Waals surface area contributed by atoms with Crippen LogP contribution in [0.2, 0.25) is 0 Å². The van der Waals surface area contributed by atoms with Crippen molar-refractivity contribution in [2.75, 3.05) is 0 Å². The Kier molecular flexibility index (Phi) is 3.29. The third-order valence-electron chi connectivity index (χ3n) is 4.06. The molecule has 0 radical (unpaired) electrons. The van der Waals surface area contributed by atoms with Crippen LogP contribution >= 0.6 is 0 Å². The van der Waals surface area contributed by atoms with E-state index in [0.717, 1.165) is 5.69 Å². The van der Waals surface area contributed by atoms with Gasteiger partial charge in [-0.1, -0.05) is 69.3 Å². The molecule has 2 aromatic carbocycles. The van der Waals surface area contributed by atoms with E-state index in [0.29, 0.717) is 0 Å². The molecule has 0 aliphatic carbocycles. The first-order chi connectivity index (χ1) is 9.97. The Balaban J connectivity index is 2.15. The molecule has 0 atom stereocenters. The molecular formula is C20H21N. The normalized spacial score (nSPS) is 11.8. The van der Waals surface area contributed by atoms with Gasteiger partial charge in [-0.3, -0.25) is 4.98 Å². The highest BCUT2D eigenvalue weighted by molar-refractivity contribution is 5.97. The van der Waals surface area contributed by atoms with E-state index in [-0.39, 0.29) is 5.41 Å². The summed E-state index contributed by atoms with van der Waals surface area (Å²) in [5.41, 5.74) is 5.06. The van der Waals surface area contributed by atoms with Gasteiger partial charge in [0.2, 0.25) is 0 Å². The van der Waals surface area contributed by atoms with Crippen molar-refractivity contribution in [3.8, 4) is 11.1 Å². The Morgan fingerprint density at radius 3 is 2.05 bits per heavy atom. The Bertz CT molecular complexity index is 777. The van der Waals surface area contributed by atoms with E-state index < -0.39 is 0 Å². The van der Waals surface area contributed by atoms with Gasteiger partial charge in [-0.15, -0.1) is 0 Å². The van der Waals surface area contributed by atoms with Crippen molar-refractivity contribution in [3.05, 3.63) is 66.0 Å². The Morgan fingerprint density at radius 1 is 0.810 bits per heavy atom. The monoisotopic (exact) mass is 275 g/mol. The second kappa shape index (κ2) is 5.00. The van der Waals surface area contributed by atoms with Crippen molar-refractivity contribution >= 4 is 10.8 Å². The van der Waals surface area contributed by atoms with Crippen LogP contribution in [0.4, 0.5) is 0 Å². The number of pyridine rings is 1. The molecule has 0 aliphatic rings. The molecule has 0 aliphatic heterocycles. The molecular weight excluding hydrogens is 254 g/mol. The maximum atomic E-state index is 4.55. The minimum Gasteiger partial charge on any atom is -0.260 e. The van der Waals surface area contributed by atoms with Gasteiger partial charge in [-0.2, -0.15) is 0 Å². The number of aryl methyl sites for hydroxylation is 1. The van der Waals surface area contributed by atoms with Crippen LogP contribution in [0.1, 0.15) is 32.0 Å². The van der Waals surface area contributed by atoms with E-state index in [4.69, 9.17) is 0 Å². The van der Waals surface area contributed by atoms with E-state index in [2.05, 4.69) is 81.2 Å². The van der Waals surface area contributed by atoms with Crippen molar-refractivity contribution in [1.29, 1.82) is 0 Å². The van der Waals surface area contributed by atoms with Crippen molar-refractivity contribution in [3.63, 3.8) is 0 Å². The zero-order chi connectivity index (χ0) is 15.0. The number of hydrogen-bond acceptors (Lipinski definition) is 1. The van der Waals surface area contributed by atoms with Crippen LogP contribution in [-0.4, -0.2) is 4.98 Å². The average Bonchev–Trinajstić information content (AvgIpc) is 2.47. The number of aromatic nitrogens is 1. The van der Waals surface area contributed by atoms with Gasteiger partial charge < -0.3 is 0 Å². The van der Waals surface area contributed by atoms with Gasteiger partial charge in [0.05, 0.1) is 0 Å². The minimum atomic E-state index is 0.187. The summed E-state index contributed by atoms with van der Waals surface area (Å²) in [7, 11) is 0. The fourth-order valence-electron chi connectivity index (χ4n) is 2.71. The molecule has 21 heavy (non-hydrogen) atoms. The third-order valence-corrected chi connectivity index (χ3v) is 4.06. The summed E-state index contributed by atoms with van der Waals surface area (Å²) in [5, 5.41) is 2.50. The fraction of sp³-hybridized carbons (Fsp3) is 0.250. The molecule has 3 rings (SSSR count). The number of rotatable bonds is 1. The van der Waals surface area contributed by atoms with Crippen LogP contribution in [0.15, 0.2) is 54.7 Å². The molecule has 0 saturated carbocycles. The van der Waals surface area contributed by atoms with E-state index in [9.17, 15) is 0 Å². The molecule has 3 aromatic rings. The third kappa shape index (κ3) is 2.56. The maximum Gasteiger partial charge on any atom is 0.0451 e. The van der Waals surface area contributed by atoms with Gasteiger partial charge >= 0.3 is 0 Å². The van der Waals surface area contributed by atoms with Crippen LogP contribution in [0, 0.1) is 6.92 Å². The molecule has 1 nitrogen and oxygen atoms in total. The summed E-state index contributed by atoms with van der Waals surface area (Å²) in [6.45, 7) is 8.79. The van der Waals surface area contributed by atoms with E-state index >= 15 is 0 Å². The summed E-state index contributed by atoms with van der Waals surface area (Å²) < 4.78 is 0. The average molecular weight is 275 g/mol. The van der Waals surface area contributed by atoms with Gasteiger partial charge in [0.25, 0.3) is 0 Å². The summed E-state index contributed by atoms with van der Waals surface area (Å²) in [5.74, 6) is 0. The smallest absolute Gasteiger partial charge is 0.0451 e. The van der Waals surface area contributed by atoms with Crippen LogP contribution < -0.4 is 0 Å². The van der Waals surface area contributed by atoms with E-state index in [1.165, 1.54) is 27.5 Å². The molecule has 1 heteroatoms. The maximum absolute atomic E-state index is 4.55. The SMILES string of the molecule is Cc1ncc(-c2ccc(C(C)(C)C)cc2)c2ccccc12. The molecule has 0 fully saturated rings. The lowest BCUT2D eigenvalue weighted by atomic mass is 9.86. The fourth-order valence-corrected chi connectivity index (χ4v) is 2.71. The highest BCUT2D eigenvalue weighted by Crippen LogP contribution is 2.31. The lowest BCUT2D eigenvalue weighted by Gasteiger charge is -2.19. The number of hydrogen-bond donors (Lipinski definition) is 0. The zero-order valence-electron chi connectivity index (χ0n) is 13.1. The molecule has 106 valence electrons. The lowest BCUT2D eigenvalue weighted by Crippen LogP contribution is -2.10. The molecule has 0 bridgehead atoms. The number of benzene rings is 2. The molecule has 0 amide bonds. The summed E-state index contributed by atoms with van der Waals surface area (Å²) in [4.78, 5) is 4.55. The number of nitrogens with zero attached hydrogens (tertiary/aromatic N) is 1. The first-order valence-electron chi connectivity index (χ1n) is 7.42. The van der Waals surface area contributed by atoms with E-state index in [1.807, 2.05) is 6.20 Å². The van der Waals surface area contributed by atoms with Gasteiger partial charge in [-0.05, 0) is 28.9 Å². The van der Waals surface area contributed by atoms with E-state index in [1.54, 1.807) is 0 Å². The molecule has 1 heterocycles. The largest absolute Gasteiger partial charge is 0.260 e.